The SMILES string of the molecule is CC(=O)OC1O[C@H]([C@H](C)N=[N+]=[N-])[C@@H](OC(C)=O)[C@@H]1OC(C)=O. The first-order valence-electron chi connectivity index (χ1n) is 6.47. The molecule has 1 unspecified atom stereocenters. The van der Waals surface area contributed by atoms with E-state index in [4.69, 9.17) is 24.5 Å². The van der Waals surface area contributed by atoms with Crippen molar-refractivity contribution in [2.75, 3.05) is 0 Å². The highest BCUT2D eigenvalue weighted by Crippen LogP contribution is 2.31. The summed E-state index contributed by atoms with van der Waals surface area (Å²) in [6, 6.07) is -0.743. The number of rotatable bonds is 5. The molecule has 1 heterocycles. The minimum atomic E-state index is -1.26. The predicted molar refractivity (Wildman–Crippen MR) is 70.1 cm³/mol. The maximum Gasteiger partial charge on any atom is 0.305 e. The molecule has 0 aromatic carbocycles. The molecule has 0 radical (unpaired) electrons. The van der Waals surface area contributed by atoms with Gasteiger partial charge in [0.25, 0.3) is 0 Å². The minimum absolute atomic E-state index is 0.646. The first-order chi connectivity index (χ1) is 10.3. The van der Waals surface area contributed by atoms with Gasteiger partial charge in [-0.15, -0.1) is 0 Å². The molecule has 1 fully saturated rings. The Morgan fingerprint density at radius 2 is 1.55 bits per heavy atom. The lowest BCUT2D eigenvalue weighted by Gasteiger charge is -2.23. The molecule has 22 heavy (non-hydrogen) atoms. The van der Waals surface area contributed by atoms with E-state index in [2.05, 4.69) is 10.0 Å². The van der Waals surface area contributed by atoms with E-state index in [1.807, 2.05) is 0 Å². The topological polar surface area (TPSA) is 137 Å². The van der Waals surface area contributed by atoms with Gasteiger partial charge >= 0.3 is 17.9 Å². The van der Waals surface area contributed by atoms with Crippen LogP contribution >= 0.6 is 0 Å². The highest BCUT2D eigenvalue weighted by atomic mass is 16.7. The lowest BCUT2D eigenvalue weighted by atomic mass is 10.1. The summed E-state index contributed by atoms with van der Waals surface area (Å²) >= 11 is 0. The van der Waals surface area contributed by atoms with Gasteiger partial charge in [0.2, 0.25) is 12.4 Å². The van der Waals surface area contributed by atoms with E-state index in [-0.39, 0.29) is 0 Å². The van der Waals surface area contributed by atoms with E-state index in [1.54, 1.807) is 0 Å². The van der Waals surface area contributed by atoms with E-state index in [0.29, 0.717) is 0 Å². The average Bonchev–Trinajstić information content (AvgIpc) is 2.67. The van der Waals surface area contributed by atoms with Gasteiger partial charge in [0.15, 0.2) is 6.10 Å². The Morgan fingerprint density at radius 3 is 2.00 bits per heavy atom. The molecule has 10 nitrogen and oxygen atoms in total. The van der Waals surface area contributed by atoms with Crippen LogP contribution in [0, 0.1) is 0 Å². The highest BCUT2D eigenvalue weighted by molar-refractivity contribution is 5.68. The summed E-state index contributed by atoms with van der Waals surface area (Å²) < 4.78 is 20.5. The molecule has 0 saturated carbocycles. The van der Waals surface area contributed by atoms with Crippen molar-refractivity contribution in [1.29, 1.82) is 0 Å². The smallest absolute Gasteiger partial charge is 0.305 e. The largest absolute Gasteiger partial charge is 0.456 e. The molecule has 1 aliphatic rings. The molecule has 0 aliphatic carbocycles. The van der Waals surface area contributed by atoms with Crippen LogP contribution in [0.1, 0.15) is 27.7 Å². The minimum Gasteiger partial charge on any atom is -0.456 e. The third-order valence-electron chi connectivity index (χ3n) is 2.80. The van der Waals surface area contributed by atoms with Crippen LogP contribution in [-0.4, -0.2) is 48.6 Å². The number of azide groups is 1. The zero-order valence-electron chi connectivity index (χ0n) is 12.6. The maximum atomic E-state index is 11.3. The molecule has 1 aliphatic heterocycles. The molecule has 0 spiro atoms. The Hall–Kier alpha value is -2.32. The Bertz CT molecular complexity index is 503. The lowest BCUT2D eigenvalue weighted by Crippen LogP contribution is -2.43. The summed E-state index contributed by atoms with van der Waals surface area (Å²) in [7, 11) is 0. The molecule has 0 aromatic heterocycles. The molecular formula is C12H17N3O7. The van der Waals surface area contributed by atoms with Crippen LogP contribution < -0.4 is 0 Å². The van der Waals surface area contributed by atoms with E-state index in [0.717, 1.165) is 13.8 Å². The molecule has 0 aromatic rings. The van der Waals surface area contributed by atoms with Gasteiger partial charge in [-0.1, -0.05) is 12.0 Å². The zero-order chi connectivity index (χ0) is 16.9. The quantitative estimate of drug-likeness (QED) is 0.241. The standard InChI is InChI=1S/C12H17N3O7/c1-5(14-15-13)9-10(19-6(2)16)11(20-7(3)17)12(22-9)21-8(4)18/h5,9-12H,1-4H3/t5-,9+,10+,11-,12?/m0/s1. The Morgan fingerprint density at radius 1 is 1.05 bits per heavy atom. The third kappa shape index (κ3) is 4.61. The van der Waals surface area contributed by atoms with Crippen LogP contribution in [0.3, 0.4) is 0 Å². The fourth-order valence-electron chi connectivity index (χ4n) is 2.09. The Kier molecular flexibility index (Phi) is 6.14. The second-order valence-corrected chi connectivity index (χ2v) is 4.67. The van der Waals surface area contributed by atoms with Gasteiger partial charge in [-0.25, -0.2) is 0 Å². The monoisotopic (exact) mass is 315 g/mol. The molecule has 0 bridgehead atoms. The molecule has 0 amide bonds. The van der Waals surface area contributed by atoms with E-state index < -0.39 is 48.6 Å². The molecule has 1 saturated heterocycles. The fourth-order valence-corrected chi connectivity index (χ4v) is 2.09. The van der Waals surface area contributed by atoms with Crippen LogP contribution in [0.5, 0.6) is 0 Å². The van der Waals surface area contributed by atoms with Crippen molar-refractivity contribution in [3.63, 3.8) is 0 Å². The van der Waals surface area contributed by atoms with Crippen LogP contribution in [0.25, 0.3) is 10.4 Å². The molecule has 122 valence electrons. The highest BCUT2D eigenvalue weighted by Gasteiger charge is 2.52. The lowest BCUT2D eigenvalue weighted by molar-refractivity contribution is -0.195. The summed E-state index contributed by atoms with van der Waals surface area (Å²) in [6.07, 6.45) is -4.39. The first-order valence-corrected chi connectivity index (χ1v) is 6.47. The Balaban J connectivity index is 3.10. The summed E-state index contributed by atoms with van der Waals surface area (Å²) in [5, 5.41) is 3.47. The number of hydrogen-bond acceptors (Lipinski definition) is 8. The molecule has 10 heteroatoms. The summed E-state index contributed by atoms with van der Waals surface area (Å²) in [5.41, 5.74) is 8.51. The summed E-state index contributed by atoms with van der Waals surface area (Å²) in [4.78, 5) is 36.3. The second-order valence-electron chi connectivity index (χ2n) is 4.67. The molecular weight excluding hydrogens is 298 g/mol. The van der Waals surface area contributed by atoms with Crippen molar-refractivity contribution >= 4 is 17.9 Å². The van der Waals surface area contributed by atoms with E-state index in [9.17, 15) is 14.4 Å². The van der Waals surface area contributed by atoms with Gasteiger partial charge in [-0.05, 0) is 5.53 Å². The molecule has 1 rings (SSSR count). The van der Waals surface area contributed by atoms with E-state index >= 15 is 0 Å². The Labute approximate surface area is 126 Å². The number of hydrogen-bond donors (Lipinski definition) is 0. The number of carbonyl (C=O) groups excluding carboxylic acids is 3. The van der Waals surface area contributed by atoms with Crippen molar-refractivity contribution in [1.82, 2.24) is 0 Å². The van der Waals surface area contributed by atoms with Gasteiger partial charge in [-0.3, -0.25) is 14.4 Å². The van der Waals surface area contributed by atoms with Gasteiger partial charge in [0.05, 0.1) is 6.04 Å². The predicted octanol–water partition coefficient (Wildman–Crippen LogP) is 0.837. The van der Waals surface area contributed by atoms with E-state index in [1.165, 1.54) is 13.8 Å². The number of ether oxygens (including phenoxy) is 4. The second kappa shape index (κ2) is 7.62. The molecule has 5 atom stereocenters. The van der Waals surface area contributed by atoms with Crippen molar-refractivity contribution in [3.8, 4) is 0 Å². The maximum absolute atomic E-state index is 11.3. The number of nitrogens with zero attached hydrogens (tertiary/aromatic N) is 3. The summed E-state index contributed by atoms with van der Waals surface area (Å²) in [6.45, 7) is 5.00. The van der Waals surface area contributed by atoms with Crippen molar-refractivity contribution in [3.05, 3.63) is 10.4 Å². The van der Waals surface area contributed by atoms with Gasteiger partial charge in [0.1, 0.15) is 6.10 Å². The third-order valence-corrected chi connectivity index (χ3v) is 2.80. The fraction of sp³-hybridized carbons (Fsp3) is 0.750. The average molecular weight is 315 g/mol. The van der Waals surface area contributed by atoms with Crippen molar-refractivity contribution < 1.29 is 33.3 Å². The normalized spacial score (nSPS) is 28.2. The van der Waals surface area contributed by atoms with Gasteiger partial charge in [0, 0.05) is 25.7 Å². The first kappa shape index (κ1) is 17.7. The molecule has 0 N–H and O–H groups in total. The number of esters is 3. The van der Waals surface area contributed by atoms with Gasteiger partial charge < -0.3 is 18.9 Å². The summed E-state index contributed by atoms with van der Waals surface area (Å²) in [5.74, 6) is -1.98. The van der Waals surface area contributed by atoms with Crippen molar-refractivity contribution in [2.45, 2.75) is 58.3 Å². The van der Waals surface area contributed by atoms with Crippen LogP contribution in [-0.2, 0) is 33.3 Å². The number of carbonyl (C=O) groups is 3. The van der Waals surface area contributed by atoms with Gasteiger partial charge in [-0.2, -0.15) is 0 Å². The van der Waals surface area contributed by atoms with Crippen LogP contribution in [0.15, 0.2) is 5.11 Å². The van der Waals surface area contributed by atoms with Crippen molar-refractivity contribution in [2.24, 2.45) is 5.11 Å². The zero-order valence-corrected chi connectivity index (χ0v) is 12.6. The van der Waals surface area contributed by atoms with Crippen LogP contribution in [0.2, 0.25) is 0 Å². The van der Waals surface area contributed by atoms with Crippen LogP contribution in [0.4, 0.5) is 0 Å².